The van der Waals surface area contributed by atoms with E-state index in [4.69, 9.17) is 5.11 Å². The molecule has 0 aliphatic heterocycles. The number of thioether (sulfide) groups is 1. The molecule has 0 aromatic heterocycles. The lowest BCUT2D eigenvalue weighted by Crippen LogP contribution is -2.23. The van der Waals surface area contributed by atoms with Crippen LogP contribution in [0.15, 0.2) is 12.2 Å². The van der Waals surface area contributed by atoms with Crippen molar-refractivity contribution in [1.29, 1.82) is 0 Å². The van der Waals surface area contributed by atoms with E-state index in [1.165, 1.54) is 13.0 Å². The van der Waals surface area contributed by atoms with Crippen LogP contribution in [0.3, 0.4) is 0 Å². The van der Waals surface area contributed by atoms with Gasteiger partial charge in [0.1, 0.15) is 0 Å². The van der Waals surface area contributed by atoms with Gasteiger partial charge in [0.05, 0.1) is 12.2 Å². The summed E-state index contributed by atoms with van der Waals surface area (Å²) in [7, 11) is 0. The molecule has 0 aromatic carbocycles. The van der Waals surface area contributed by atoms with Crippen molar-refractivity contribution < 1.29 is 19.8 Å². The molecule has 6 heteroatoms. The molecule has 104 valence electrons. The minimum absolute atomic E-state index is 0.0427. The number of hydrogen-bond acceptors (Lipinski definition) is 5. The molecule has 0 unspecified atom stereocenters. The van der Waals surface area contributed by atoms with Crippen LogP contribution in [-0.2, 0) is 9.59 Å². The lowest BCUT2D eigenvalue weighted by Gasteiger charge is -2.05. The summed E-state index contributed by atoms with van der Waals surface area (Å²) in [6.07, 6.45) is 2.41. The Kier molecular flexibility index (Phi) is 9.63. The van der Waals surface area contributed by atoms with Crippen molar-refractivity contribution in [2.75, 3.05) is 12.3 Å². The second kappa shape index (κ2) is 10.1. The van der Waals surface area contributed by atoms with Crippen LogP contribution in [0.2, 0.25) is 0 Å². The molecule has 2 atom stereocenters. The summed E-state index contributed by atoms with van der Waals surface area (Å²) < 4.78 is 0. The Balaban J connectivity index is 3.67. The maximum absolute atomic E-state index is 11.4. The summed E-state index contributed by atoms with van der Waals surface area (Å²) in [5, 5.41) is 21.0. The standard InChI is InChI=1S/C12H21NO4S/c1-9(14)4-3-5-11(16)8-12(17)18-7-6-13-10(2)15/h3,5,9,11,14,16H,4,6-8H2,1-2H3,(H,13,15)/b5-3+/t9-,11-/m0/s1. The fourth-order valence-electron chi connectivity index (χ4n) is 1.12. The summed E-state index contributed by atoms with van der Waals surface area (Å²) in [5.74, 6) is 0.381. The van der Waals surface area contributed by atoms with Gasteiger partial charge in [0.25, 0.3) is 0 Å². The van der Waals surface area contributed by atoms with Crippen molar-refractivity contribution in [2.45, 2.75) is 38.9 Å². The van der Waals surface area contributed by atoms with Gasteiger partial charge in [-0.25, -0.2) is 0 Å². The first-order chi connectivity index (χ1) is 8.41. The van der Waals surface area contributed by atoms with E-state index in [0.29, 0.717) is 18.7 Å². The number of aliphatic hydroxyl groups excluding tert-OH is 2. The summed E-state index contributed by atoms with van der Waals surface area (Å²) in [4.78, 5) is 22.0. The maximum atomic E-state index is 11.4. The Hall–Kier alpha value is -0.850. The van der Waals surface area contributed by atoms with Crippen LogP contribution in [0, 0.1) is 0 Å². The van der Waals surface area contributed by atoms with Crippen LogP contribution in [0.4, 0.5) is 0 Å². The minimum atomic E-state index is -0.815. The van der Waals surface area contributed by atoms with Crippen molar-refractivity contribution in [1.82, 2.24) is 5.32 Å². The molecule has 3 N–H and O–H groups in total. The lowest BCUT2D eigenvalue weighted by molar-refractivity contribution is -0.119. The van der Waals surface area contributed by atoms with Gasteiger partial charge >= 0.3 is 0 Å². The lowest BCUT2D eigenvalue weighted by atomic mass is 10.2. The van der Waals surface area contributed by atoms with Gasteiger partial charge in [-0.15, -0.1) is 0 Å². The van der Waals surface area contributed by atoms with E-state index in [1.807, 2.05) is 0 Å². The number of hydrogen-bond donors (Lipinski definition) is 3. The number of carbonyl (C=O) groups is 2. The quantitative estimate of drug-likeness (QED) is 0.442. The Morgan fingerprint density at radius 3 is 2.61 bits per heavy atom. The molecule has 0 saturated heterocycles. The fraction of sp³-hybridized carbons (Fsp3) is 0.667. The number of rotatable bonds is 8. The van der Waals surface area contributed by atoms with Crippen LogP contribution >= 0.6 is 11.8 Å². The fourth-order valence-corrected chi connectivity index (χ4v) is 1.84. The summed E-state index contributed by atoms with van der Waals surface area (Å²) in [6.45, 7) is 3.52. The van der Waals surface area contributed by atoms with Crippen LogP contribution in [-0.4, -0.2) is 45.7 Å². The van der Waals surface area contributed by atoms with Gasteiger partial charge in [0.15, 0.2) is 5.12 Å². The molecule has 0 aromatic rings. The number of amides is 1. The number of carbonyl (C=O) groups excluding carboxylic acids is 2. The average Bonchev–Trinajstić information content (AvgIpc) is 2.23. The van der Waals surface area contributed by atoms with Crippen LogP contribution < -0.4 is 5.32 Å². The molecule has 0 rings (SSSR count). The Morgan fingerprint density at radius 2 is 2.06 bits per heavy atom. The first-order valence-electron chi connectivity index (χ1n) is 5.84. The van der Waals surface area contributed by atoms with Crippen LogP contribution in [0.1, 0.15) is 26.7 Å². The summed E-state index contributed by atoms with van der Waals surface area (Å²) in [6, 6.07) is 0. The molecule has 1 amide bonds. The van der Waals surface area contributed by atoms with Gasteiger partial charge < -0.3 is 15.5 Å². The van der Waals surface area contributed by atoms with Gasteiger partial charge in [0, 0.05) is 25.6 Å². The van der Waals surface area contributed by atoms with E-state index in [1.54, 1.807) is 13.0 Å². The predicted molar refractivity (Wildman–Crippen MR) is 72.2 cm³/mol. The number of aliphatic hydroxyl groups is 2. The third-order valence-electron chi connectivity index (χ3n) is 1.95. The van der Waals surface area contributed by atoms with Crippen molar-refractivity contribution in [2.24, 2.45) is 0 Å². The average molecular weight is 275 g/mol. The van der Waals surface area contributed by atoms with Crippen molar-refractivity contribution in [3.05, 3.63) is 12.2 Å². The zero-order valence-corrected chi connectivity index (χ0v) is 11.6. The monoisotopic (exact) mass is 275 g/mol. The third-order valence-corrected chi connectivity index (χ3v) is 2.85. The van der Waals surface area contributed by atoms with Gasteiger partial charge in [0.2, 0.25) is 5.91 Å². The summed E-state index contributed by atoms with van der Waals surface area (Å²) >= 11 is 1.09. The van der Waals surface area contributed by atoms with Crippen molar-refractivity contribution >= 4 is 22.8 Å². The molecule has 0 spiro atoms. The molecule has 0 fully saturated rings. The first kappa shape index (κ1) is 17.2. The normalized spacial score (nSPS) is 14.4. The molecule has 18 heavy (non-hydrogen) atoms. The minimum Gasteiger partial charge on any atom is -0.393 e. The molecule has 0 heterocycles. The van der Waals surface area contributed by atoms with Gasteiger partial charge in [-0.05, 0) is 13.3 Å². The van der Waals surface area contributed by atoms with Crippen LogP contribution in [0.5, 0.6) is 0 Å². The Labute approximate surface area is 112 Å². The first-order valence-corrected chi connectivity index (χ1v) is 6.83. The topological polar surface area (TPSA) is 86.6 Å². The number of nitrogens with one attached hydrogen (secondary N) is 1. The maximum Gasteiger partial charge on any atom is 0.216 e. The molecular formula is C12H21NO4S. The second-order valence-corrected chi connectivity index (χ2v) is 5.14. The van der Waals surface area contributed by atoms with E-state index >= 15 is 0 Å². The SMILES string of the molecule is CC(=O)NCCSC(=O)C[C@@H](O)/C=C/C[C@H](C)O. The molecule has 0 saturated carbocycles. The van der Waals surface area contributed by atoms with Gasteiger partial charge in [-0.1, -0.05) is 23.9 Å². The van der Waals surface area contributed by atoms with E-state index < -0.39 is 12.2 Å². The van der Waals surface area contributed by atoms with E-state index in [9.17, 15) is 14.7 Å². The highest BCUT2D eigenvalue weighted by molar-refractivity contribution is 8.13. The second-order valence-electron chi connectivity index (χ2n) is 3.99. The largest absolute Gasteiger partial charge is 0.393 e. The molecular weight excluding hydrogens is 254 g/mol. The van der Waals surface area contributed by atoms with Crippen molar-refractivity contribution in [3.8, 4) is 0 Å². The molecule has 0 radical (unpaired) electrons. The smallest absolute Gasteiger partial charge is 0.216 e. The molecule has 0 bridgehead atoms. The van der Waals surface area contributed by atoms with Crippen molar-refractivity contribution in [3.63, 3.8) is 0 Å². The molecule has 0 aliphatic carbocycles. The zero-order chi connectivity index (χ0) is 14.0. The van der Waals surface area contributed by atoms with E-state index in [2.05, 4.69) is 5.32 Å². The Bertz CT molecular complexity index is 292. The molecule has 0 aliphatic rings. The van der Waals surface area contributed by atoms with E-state index in [-0.39, 0.29) is 17.4 Å². The van der Waals surface area contributed by atoms with E-state index in [0.717, 1.165) is 11.8 Å². The summed E-state index contributed by atoms with van der Waals surface area (Å²) in [5.41, 5.74) is 0. The van der Waals surface area contributed by atoms with Gasteiger partial charge in [-0.2, -0.15) is 0 Å². The Morgan fingerprint density at radius 1 is 1.39 bits per heavy atom. The zero-order valence-electron chi connectivity index (χ0n) is 10.8. The van der Waals surface area contributed by atoms with Gasteiger partial charge in [-0.3, -0.25) is 9.59 Å². The highest BCUT2D eigenvalue weighted by Crippen LogP contribution is 2.08. The highest BCUT2D eigenvalue weighted by atomic mass is 32.2. The van der Waals surface area contributed by atoms with Crippen LogP contribution in [0.25, 0.3) is 0 Å². The highest BCUT2D eigenvalue weighted by Gasteiger charge is 2.08. The molecule has 5 nitrogen and oxygen atoms in total. The third kappa shape index (κ3) is 11.6. The predicted octanol–water partition coefficient (Wildman–Crippen LogP) is 0.460.